The fraction of sp³-hybridized carbons (Fsp3) is 0.176. The number of nitrogens with zero attached hydrogens (tertiary/aromatic N) is 2. The van der Waals surface area contributed by atoms with Crippen LogP contribution in [0.25, 0.3) is 5.65 Å². The number of nitrogens with one attached hydrogen (secondary N) is 1. The fourth-order valence-electron chi connectivity index (χ4n) is 2.37. The molecule has 0 aliphatic heterocycles. The van der Waals surface area contributed by atoms with E-state index in [-0.39, 0.29) is 5.91 Å². The second kappa shape index (κ2) is 5.79. The summed E-state index contributed by atoms with van der Waals surface area (Å²) < 4.78 is 1.88. The van der Waals surface area contributed by atoms with E-state index in [2.05, 4.69) is 22.4 Å². The van der Waals surface area contributed by atoms with Crippen LogP contribution in [0.5, 0.6) is 0 Å². The van der Waals surface area contributed by atoms with Gasteiger partial charge in [0.15, 0.2) is 0 Å². The molecule has 2 aromatic heterocycles. The minimum atomic E-state index is -0.0814. The van der Waals surface area contributed by atoms with Crippen molar-refractivity contribution in [1.29, 1.82) is 0 Å². The Labute approximate surface area is 123 Å². The third-order valence-electron chi connectivity index (χ3n) is 3.39. The van der Waals surface area contributed by atoms with Crippen molar-refractivity contribution in [3.63, 3.8) is 0 Å². The number of amides is 1. The summed E-state index contributed by atoms with van der Waals surface area (Å²) in [5.74, 6) is -0.0814. The molecule has 0 unspecified atom stereocenters. The van der Waals surface area contributed by atoms with Gasteiger partial charge in [-0.3, -0.25) is 4.79 Å². The van der Waals surface area contributed by atoms with Crippen molar-refractivity contribution in [1.82, 2.24) is 14.7 Å². The fourth-order valence-corrected chi connectivity index (χ4v) is 2.37. The highest BCUT2D eigenvalue weighted by Crippen LogP contribution is 2.10. The van der Waals surface area contributed by atoms with Crippen LogP contribution in [0.4, 0.5) is 0 Å². The van der Waals surface area contributed by atoms with Crippen LogP contribution in [0.15, 0.2) is 54.9 Å². The average Bonchev–Trinajstić information content (AvgIpc) is 2.88. The number of rotatable bonds is 4. The predicted octanol–water partition coefficient (Wildman–Crippen LogP) is 2.62. The lowest BCUT2D eigenvalue weighted by Gasteiger charge is -2.06. The third-order valence-corrected chi connectivity index (χ3v) is 3.39. The van der Waals surface area contributed by atoms with Crippen LogP contribution in [-0.2, 0) is 6.42 Å². The summed E-state index contributed by atoms with van der Waals surface area (Å²) >= 11 is 0. The molecule has 0 atom stereocenters. The maximum atomic E-state index is 12.3. The van der Waals surface area contributed by atoms with E-state index in [1.165, 1.54) is 5.56 Å². The number of carbonyl (C=O) groups excluding carboxylic acids is 1. The SMILES string of the molecule is Cc1cn2cccc(C(=O)NCCc3ccccc3)c2n1. The average molecular weight is 279 g/mol. The largest absolute Gasteiger partial charge is 0.352 e. The molecule has 106 valence electrons. The number of imidazole rings is 1. The summed E-state index contributed by atoms with van der Waals surface area (Å²) in [6.07, 6.45) is 4.63. The molecule has 0 bridgehead atoms. The van der Waals surface area contributed by atoms with E-state index in [1.54, 1.807) is 6.07 Å². The smallest absolute Gasteiger partial charge is 0.255 e. The van der Waals surface area contributed by atoms with Gasteiger partial charge in [0.05, 0.1) is 11.3 Å². The molecule has 3 rings (SSSR count). The third kappa shape index (κ3) is 2.94. The van der Waals surface area contributed by atoms with Crippen molar-refractivity contribution >= 4 is 11.6 Å². The number of hydrogen-bond acceptors (Lipinski definition) is 2. The van der Waals surface area contributed by atoms with E-state index >= 15 is 0 Å². The van der Waals surface area contributed by atoms with Gasteiger partial charge in [0.25, 0.3) is 5.91 Å². The van der Waals surface area contributed by atoms with Crippen molar-refractivity contribution in [2.24, 2.45) is 0 Å². The lowest BCUT2D eigenvalue weighted by Crippen LogP contribution is -2.26. The van der Waals surface area contributed by atoms with Gasteiger partial charge in [0.1, 0.15) is 5.65 Å². The monoisotopic (exact) mass is 279 g/mol. The second-order valence-corrected chi connectivity index (χ2v) is 5.03. The zero-order valence-corrected chi connectivity index (χ0v) is 11.9. The minimum absolute atomic E-state index is 0.0814. The van der Waals surface area contributed by atoms with Gasteiger partial charge in [0, 0.05) is 18.9 Å². The molecule has 0 saturated heterocycles. The number of fused-ring (bicyclic) bond motifs is 1. The summed E-state index contributed by atoms with van der Waals surface area (Å²) in [4.78, 5) is 16.7. The molecule has 3 aromatic rings. The normalized spacial score (nSPS) is 10.7. The molecule has 4 heteroatoms. The van der Waals surface area contributed by atoms with Crippen molar-refractivity contribution in [3.05, 3.63) is 71.7 Å². The first-order chi connectivity index (χ1) is 10.2. The Bertz CT molecular complexity index is 762. The molecular weight excluding hydrogens is 262 g/mol. The number of hydrogen-bond donors (Lipinski definition) is 1. The summed E-state index contributed by atoms with van der Waals surface area (Å²) in [7, 11) is 0. The minimum Gasteiger partial charge on any atom is -0.352 e. The molecule has 21 heavy (non-hydrogen) atoms. The number of carbonyl (C=O) groups is 1. The number of pyridine rings is 1. The van der Waals surface area contributed by atoms with E-state index < -0.39 is 0 Å². The molecular formula is C17H17N3O. The summed E-state index contributed by atoms with van der Waals surface area (Å²) in [5, 5.41) is 2.96. The Morgan fingerprint density at radius 2 is 2.00 bits per heavy atom. The van der Waals surface area contributed by atoms with Gasteiger partial charge >= 0.3 is 0 Å². The Kier molecular flexibility index (Phi) is 3.69. The maximum Gasteiger partial charge on any atom is 0.255 e. The van der Waals surface area contributed by atoms with E-state index in [4.69, 9.17) is 0 Å². The van der Waals surface area contributed by atoms with E-state index in [9.17, 15) is 4.79 Å². The van der Waals surface area contributed by atoms with Gasteiger partial charge in [0.2, 0.25) is 0 Å². The van der Waals surface area contributed by atoms with Crippen LogP contribution in [0, 0.1) is 6.92 Å². The van der Waals surface area contributed by atoms with Crippen molar-refractivity contribution in [2.45, 2.75) is 13.3 Å². The Balaban J connectivity index is 1.70. The molecule has 2 heterocycles. The number of aryl methyl sites for hydroxylation is 1. The molecule has 1 N–H and O–H groups in total. The van der Waals surface area contributed by atoms with E-state index in [0.717, 1.165) is 12.1 Å². The molecule has 0 aliphatic carbocycles. The Hall–Kier alpha value is -2.62. The molecule has 4 nitrogen and oxygen atoms in total. The maximum absolute atomic E-state index is 12.3. The first kappa shape index (κ1) is 13.4. The Morgan fingerprint density at radius 1 is 1.19 bits per heavy atom. The first-order valence-corrected chi connectivity index (χ1v) is 7.00. The lowest BCUT2D eigenvalue weighted by molar-refractivity contribution is 0.0955. The predicted molar refractivity (Wildman–Crippen MR) is 82.4 cm³/mol. The summed E-state index contributed by atoms with van der Waals surface area (Å²) in [5.41, 5.74) is 3.43. The van der Waals surface area contributed by atoms with Crippen LogP contribution >= 0.6 is 0 Å². The van der Waals surface area contributed by atoms with Crippen molar-refractivity contribution in [2.75, 3.05) is 6.54 Å². The van der Waals surface area contributed by atoms with Gasteiger partial charge in [-0.25, -0.2) is 4.98 Å². The highest BCUT2D eigenvalue weighted by atomic mass is 16.1. The molecule has 1 amide bonds. The van der Waals surface area contributed by atoms with Gasteiger partial charge in [-0.05, 0) is 31.0 Å². The molecule has 0 fully saturated rings. The molecule has 0 radical (unpaired) electrons. The molecule has 1 aromatic carbocycles. The van der Waals surface area contributed by atoms with Crippen LogP contribution in [0.1, 0.15) is 21.6 Å². The van der Waals surface area contributed by atoms with Gasteiger partial charge in [-0.1, -0.05) is 30.3 Å². The highest BCUT2D eigenvalue weighted by molar-refractivity contribution is 5.99. The first-order valence-electron chi connectivity index (χ1n) is 7.00. The van der Waals surface area contributed by atoms with Crippen LogP contribution in [-0.4, -0.2) is 21.8 Å². The van der Waals surface area contributed by atoms with Crippen LogP contribution in [0.3, 0.4) is 0 Å². The van der Waals surface area contributed by atoms with E-state index in [1.807, 2.05) is 48.0 Å². The standard InChI is InChI=1S/C17H17N3O/c1-13-12-20-11-5-8-15(16(20)19-13)17(21)18-10-9-14-6-3-2-4-7-14/h2-8,11-12H,9-10H2,1H3,(H,18,21). The van der Waals surface area contributed by atoms with Gasteiger partial charge in [-0.2, -0.15) is 0 Å². The summed E-state index contributed by atoms with van der Waals surface area (Å²) in [6.45, 7) is 2.54. The van der Waals surface area contributed by atoms with E-state index in [0.29, 0.717) is 17.8 Å². The molecule has 0 saturated carbocycles. The van der Waals surface area contributed by atoms with Crippen molar-refractivity contribution < 1.29 is 4.79 Å². The second-order valence-electron chi connectivity index (χ2n) is 5.03. The number of aromatic nitrogens is 2. The zero-order chi connectivity index (χ0) is 14.7. The summed E-state index contributed by atoms with van der Waals surface area (Å²) in [6, 6.07) is 13.8. The quantitative estimate of drug-likeness (QED) is 0.798. The van der Waals surface area contributed by atoms with Gasteiger partial charge in [-0.15, -0.1) is 0 Å². The molecule has 0 aliphatic rings. The zero-order valence-electron chi connectivity index (χ0n) is 11.9. The highest BCUT2D eigenvalue weighted by Gasteiger charge is 2.11. The number of benzene rings is 1. The lowest BCUT2D eigenvalue weighted by atomic mass is 10.1. The van der Waals surface area contributed by atoms with Crippen LogP contribution < -0.4 is 5.32 Å². The topological polar surface area (TPSA) is 46.4 Å². The Morgan fingerprint density at radius 3 is 2.81 bits per heavy atom. The van der Waals surface area contributed by atoms with Gasteiger partial charge < -0.3 is 9.72 Å². The van der Waals surface area contributed by atoms with Crippen LogP contribution in [0.2, 0.25) is 0 Å². The van der Waals surface area contributed by atoms with Crippen molar-refractivity contribution in [3.8, 4) is 0 Å². The molecule has 0 spiro atoms.